The van der Waals surface area contributed by atoms with E-state index in [9.17, 15) is 0 Å². The number of nitrogens with one attached hydrogen (secondary N) is 1. The summed E-state index contributed by atoms with van der Waals surface area (Å²) in [7, 11) is 3.51. The van der Waals surface area contributed by atoms with Crippen molar-refractivity contribution in [2.45, 2.75) is 12.7 Å². The van der Waals surface area contributed by atoms with Gasteiger partial charge in [-0.1, -0.05) is 6.07 Å². The van der Waals surface area contributed by atoms with Crippen LogP contribution < -0.4 is 10.1 Å². The normalized spacial score (nSPS) is 15.9. The zero-order valence-corrected chi connectivity index (χ0v) is 12.9. The van der Waals surface area contributed by atoms with Gasteiger partial charge in [-0.3, -0.25) is 0 Å². The van der Waals surface area contributed by atoms with Gasteiger partial charge in [0.15, 0.2) is 13.1 Å². The molecule has 0 aliphatic carbocycles. The van der Waals surface area contributed by atoms with Crippen LogP contribution in [0.5, 0.6) is 5.75 Å². The van der Waals surface area contributed by atoms with Crippen molar-refractivity contribution in [1.82, 2.24) is 0 Å². The highest BCUT2D eigenvalue weighted by Gasteiger charge is 2.21. The lowest BCUT2D eigenvalue weighted by Crippen LogP contribution is -2.18. The van der Waals surface area contributed by atoms with E-state index in [0.717, 1.165) is 34.2 Å². The summed E-state index contributed by atoms with van der Waals surface area (Å²) >= 11 is 0. The van der Waals surface area contributed by atoms with Crippen LogP contribution in [0.1, 0.15) is 18.3 Å². The van der Waals surface area contributed by atoms with Crippen LogP contribution >= 0.6 is 0 Å². The highest BCUT2D eigenvalue weighted by atomic mass is 16.7. The van der Waals surface area contributed by atoms with E-state index < -0.39 is 0 Å². The molecule has 22 heavy (non-hydrogen) atoms. The highest BCUT2D eigenvalue weighted by Crippen LogP contribution is 2.35. The van der Waals surface area contributed by atoms with E-state index in [1.165, 1.54) is 0 Å². The molecule has 0 bridgehead atoms. The van der Waals surface area contributed by atoms with Gasteiger partial charge in [0.2, 0.25) is 0 Å². The molecule has 0 radical (unpaired) electrons. The molecule has 0 unspecified atom stereocenters. The summed E-state index contributed by atoms with van der Waals surface area (Å²) in [6, 6.07) is 10.3. The molecule has 1 aliphatic heterocycles. The number of ether oxygens (including phenoxy) is 4. The largest absolute Gasteiger partial charge is 0.467 e. The van der Waals surface area contributed by atoms with Gasteiger partial charge in [0.25, 0.3) is 0 Å². The first-order valence-corrected chi connectivity index (χ1v) is 7.42. The van der Waals surface area contributed by atoms with Crippen molar-refractivity contribution in [3.8, 4) is 5.75 Å². The zero-order chi connectivity index (χ0) is 15.4. The second kappa shape index (κ2) is 6.96. The molecule has 1 N–H and O–H groups in total. The minimum atomic E-state index is -0.381. The molecule has 1 saturated heterocycles. The molecule has 118 valence electrons. The van der Waals surface area contributed by atoms with Gasteiger partial charge >= 0.3 is 0 Å². The van der Waals surface area contributed by atoms with Gasteiger partial charge in [-0.2, -0.15) is 0 Å². The summed E-state index contributed by atoms with van der Waals surface area (Å²) in [5.41, 5.74) is 1.96. The van der Waals surface area contributed by atoms with Gasteiger partial charge in [0.1, 0.15) is 5.75 Å². The smallest absolute Gasteiger partial charge is 0.188 e. The lowest BCUT2D eigenvalue weighted by Gasteiger charge is -2.25. The fourth-order valence-electron chi connectivity index (χ4n) is 2.55. The fraction of sp³-hybridized carbons (Fsp3) is 0.412. The van der Waals surface area contributed by atoms with Crippen molar-refractivity contribution >= 4 is 16.5 Å². The van der Waals surface area contributed by atoms with E-state index >= 15 is 0 Å². The number of methoxy groups -OCH3 is 1. The van der Waals surface area contributed by atoms with E-state index in [0.29, 0.717) is 13.2 Å². The Labute approximate surface area is 130 Å². The van der Waals surface area contributed by atoms with Crippen LogP contribution in [0.3, 0.4) is 0 Å². The van der Waals surface area contributed by atoms with Crippen LogP contribution in [0, 0.1) is 0 Å². The Morgan fingerprint density at radius 3 is 2.68 bits per heavy atom. The zero-order valence-electron chi connectivity index (χ0n) is 12.9. The Hall–Kier alpha value is -1.82. The first kappa shape index (κ1) is 15.1. The SMILES string of the molecule is CNc1ccc2cc(C3OCCCO3)c(OCOC)cc2c1. The summed E-state index contributed by atoms with van der Waals surface area (Å²) in [4.78, 5) is 0. The lowest BCUT2D eigenvalue weighted by atomic mass is 10.0. The van der Waals surface area contributed by atoms with Crippen molar-refractivity contribution in [2.75, 3.05) is 39.5 Å². The Morgan fingerprint density at radius 2 is 1.95 bits per heavy atom. The van der Waals surface area contributed by atoms with Gasteiger partial charge in [-0.15, -0.1) is 0 Å². The van der Waals surface area contributed by atoms with E-state index in [1.807, 2.05) is 19.2 Å². The number of anilines is 1. The molecular weight excluding hydrogens is 282 g/mol. The van der Waals surface area contributed by atoms with Crippen molar-refractivity contribution in [2.24, 2.45) is 0 Å². The van der Waals surface area contributed by atoms with Crippen molar-refractivity contribution in [3.63, 3.8) is 0 Å². The molecule has 5 heteroatoms. The molecule has 2 aromatic carbocycles. The van der Waals surface area contributed by atoms with Crippen LogP contribution in [0.4, 0.5) is 5.69 Å². The molecule has 0 atom stereocenters. The van der Waals surface area contributed by atoms with Crippen LogP contribution in [-0.2, 0) is 14.2 Å². The number of rotatable bonds is 5. The number of benzene rings is 2. The average molecular weight is 303 g/mol. The molecular formula is C17H21NO4. The second-order valence-corrected chi connectivity index (χ2v) is 5.18. The Balaban J connectivity index is 2.02. The van der Waals surface area contributed by atoms with E-state index in [1.54, 1.807) is 7.11 Å². The lowest BCUT2D eigenvalue weighted by molar-refractivity contribution is -0.183. The molecule has 5 nitrogen and oxygen atoms in total. The summed E-state index contributed by atoms with van der Waals surface area (Å²) in [5, 5.41) is 5.36. The molecule has 0 amide bonds. The molecule has 1 heterocycles. The summed E-state index contributed by atoms with van der Waals surface area (Å²) in [5.74, 6) is 0.731. The third-order valence-electron chi connectivity index (χ3n) is 3.67. The van der Waals surface area contributed by atoms with Crippen LogP contribution in [0.25, 0.3) is 10.8 Å². The predicted molar refractivity (Wildman–Crippen MR) is 85.3 cm³/mol. The molecule has 0 spiro atoms. The maximum absolute atomic E-state index is 5.72. The van der Waals surface area contributed by atoms with Crippen LogP contribution in [0.2, 0.25) is 0 Å². The fourth-order valence-corrected chi connectivity index (χ4v) is 2.55. The van der Waals surface area contributed by atoms with E-state index in [-0.39, 0.29) is 13.1 Å². The molecule has 2 aromatic rings. The molecule has 3 rings (SSSR count). The van der Waals surface area contributed by atoms with Gasteiger partial charge in [-0.05, 0) is 41.5 Å². The maximum atomic E-state index is 5.72. The number of hydrogen-bond donors (Lipinski definition) is 1. The molecule has 0 saturated carbocycles. The van der Waals surface area contributed by atoms with Crippen molar-refractivity contribution < 1.29 is 18.9 Å². The van der Waals surface area contributed by atoms with Gasteiger partial charge in [-0.25, -0.2) is 0 Å². The standard InChI is InChI=1S/C17H21NO4/c1-18-14-5-4-12-9-15(17-20-6-3-7-21-17)16(22-11-19-2)10-13(12)8-14/h4-5,8-10,17-18H,3,6-7,11H2,1-2H3. The summed E-state index contributed by atoms with van der Waals surface area (Å²) in [6.07, 6.45) is 0.540. The minimum absolute atomic E-state index is 0.191. The molecule has 1 aliphatic rings. The van der Waals surface area contributed by atoms with Gasteiger partial charge < -0.3 is 24.3 Å². The average Bonchev–Trinajstić information content (AvgIpc) is 2.59. The topological polar surface area (TPSA) is 49.0 Å². The van der Waals surface area contributed by atoms with E-state index in [2.05, 4.69) is 23.5 Å². The second-order valence-electron chi connectivity index (χ2n) is 5.18. The quantitative estimate of drug-likeness (QED) is 0.859. The maximum Gasteiger partial charge on any atom is 0.188 e. The highest BCUT2D eigenvalue weighted by molar-refractivity contribution is 5.88. The first-order chi connectivity index (χ1) is 10.8. The Bertz CT molecular complexity index is 638. The number of hydrogen-bond acceptors (Lipinski definition) is 5. The first-order valence-electron chi connectivity index (χ1n) is 7.42. The minimum Gasteiger partial charge on any atom is -0.467 e. The van der Waals surface area contributed by atoms with Crippen molar-refractivity contribution in [3.05, 3.63) is 35.9 Å². The molecule has 1 fully saturated rings. The van der Waals surface area contributed by atoms with Gasteiger partial charge in [0, 0.05) is 19.8 Å². The van der Waals surface area contributed by atoms with Crippen molar-refractivity contribution in [1.29, 1.82) is 0 Å². The van der Waals surface area contributed by atoms with Gasteiger partial charge in [0.05, 0.1) is 18.8 Å². The third-order valence-corrected chi connectivity index (χ3v) is 3.67. The molecule has 0 aromatic heterocycles. The van der Waals surface area contributed by atoms with E-state index in [4.69, 9.17) is 18.9 Å². The Kier molecular flexibility index (Phi) is 4.77. The van der Waals surface area contributed by atoms with Crippen LogP contribution in [-0.4, -0.2) is 34.2 Å². The summed E-state index contributed by atoms with van der Waals surface area (Å²) in [6.45, 7) is 1.59. The summed E-state index contributed by atoms with van der Waals surface area (Å²) < 4.78 is 22.2. The monoisotopic (exact) mass is 303 g/mol. The van der Waals surface area contributed by atoms with Crippen LogP contribution in [0.15, 0.2) is 30.3 Å². The third kappa shape index (κ3) is 3.16. The number of fused-ring (bicyclic) bond motifs is 1. The Morgan fingerprint density at radius 1 is 1.14 bits per heavy atom. The predicted octanol–water partition coefficient (Wildman–Crippen LogP) is 3.30.